The molecule has 0 unspecified atom stereocenters. The van der Waals surface area contributed by atoms with Crippen molar-refractivity contribution in [1.29, 1.82) is 0 Å². The monoisotopic (exact) mass is 302 g/mol. The fourth-order valence-electron chi connectivity index (χ4n) is 1.24. The van der Waals surface area contributed by atoms with Gasteiger partial charge < -0.3 is 0 Å². The number of hydrogen-bond acceptors (Lipinski definition) is 4. The molecule has 0 spiro atoms. The van der Waals surface area contributed by atoms with Crippen LogP contribution in [0, 0.1) is 0 Å². The van der Waals surface area contributed by atoms with Gasteiger partial charge in [-0.3, -0.25) is 15.0 Å². The van der Waals surface area contributed by atoms with Gasteiger partial charge in [0.25, 0.3) is 0 Å². The fourth-order valence-corrected chi connectivity index (χ4v) is 1.59. The zero-order chi connectivity index (χ0) is 12.8. The molecule has 6 nitrogen and oxygen atoms in total. The Kier molecular flexibility index (Phi) is 4.01. The summed E-state index contributed by atoms with van der Waals surface area (Å²) in [6.45, 7) is 0. The highest BCUT2D eigenvalue weighted by molar-refractivity contribution is 9.10. The third kappa shape index (κ3) is 3.13. The van der Waals surface area contributed by atoms with Gasteiger partial charge in [-0.2, -0.15) is 0 Å². The van der Waals surface area contributed by atoms with Crippen LogP contribution in [0.15, 0.2) is 51.4 Å². The van der Waals surface area contributed by atoms with Crippen LogP contribution in [0.5, 0.6) is 0 Å². The highest BCUT2D eigenvalue weighted by Crippen LogP contribution is 2.20. The van der Waals surface area contributed by atoms with Gasteiger partial charge in [0.15, 0.2) is 0 Å². The van der Waals surface area contributed by atoms with Crippen LogP contribution in [0.4, 0.5) is 11.5 Å². The van der Waals surface area contributed by atoms with Crippen LogP contribution in [-0.4, -0.2) is 16.2 Å². The predicted molar refractivity (Wildman–Crippen MR) is 72.2 cm³/mol. The van der Waals surface area contributed by atoms with E-state index in [1.165, 1.54) is 0 Å². The molecule has 88 valence electrons. The zero-order valence-corrected chi connectivity index (χ0v) is 10.7. The van der Waals surface area contributed by atoms with Gasteiger partial charge in [-0.15, -0.1) is 0 Å². The van der Waals surface area contributed by atoms with E-state index in [0.29, 0.717) is 11.3 Å². The van der Waals surface area contributed by atoms with Gasteiger partial charge in [-0.05, 0) is 44.8 Å². The molecule has 7 heteroatoms. The van der Waals surface area contributed by atoms with Gasteiger partial charge in [0, 0.05) is 33.6 Å². The summed E-state index contributed by atoms with van der Waals surface area (Å²) in [6, 6.07) is 5.39. The maximum Gasteiger partial charge on any atom is 0.135 e. The first kappa shape index (κ1) is 12.2. The average molecular weight is 303 g/mol. The van der Waals surface area contributed by atoms with Crippen LogP contribution in [0.1, 0.15) is 5.56 Å². The van der Waals surface area contributed by atoms with Crippen LogP contribution >= 0.6 is 15.9 Å². The van der Waals surface area contributed by atoms with Crippen molar-refractivity contribution in [3.63, 3.8) is 0 Å². The SMILES string of the molecule is [N-]=[N+]=Nc1ncc(Br)cc1/C=N/c1cccnc1. The zero-order valence-electron chi connectivity index (χ0n) is 9.10. The van der Waals surface area contributed by atoms with E-state index in [2.05, 4.69) is 40.9 Å². The largest absolute Gasteiger partial charge is 0.262 e. The molecule has 0 bridgehead atoms. The lowest BCUT2D eigenvalue weighted by molar-refractivity contribution is 1.24. The molecule has 0 saturated heterocycles. The lowest BCUT2D eigenvalue weighted by Gasteiger charge is -1.99. The van der Waals surface area contributed by atoms with E-state index in [9.17, 15) is 0 Å². The fraction of sp³-hybridized carbons (Fsp3) is 0. The third-order valence-corrected chi connectivity index (χ3v) is 2.43. The van der Waals surface area contributed by atoms with Gasteiger partial charge in [0.05, 0.1) is 11.9 Å². The summed E-state index contributed by atoms with van der Waals surface area (Å²) in [5, 5.41) is 3.50. The van der Waals surface area contributed by atoms with Crippen molar-refractivity contribution in [2.75, 3.05) is 0 Å². The molecule has 0 fully saturated rings. The van der Waals surface area contributed by atoms with Crippen molar-refractivity contribution < 1.29 is 0 Å². The average Bonchev–Trinajstić information content (AvgIpc) is 2.40. The van der Waals surface area contributed by atoms with Crippen molar-refractivity contribution in [3.8, 4) is 0 Å². The molecule has 0 aromatic carbocycles. The number of aromatic nitrogens is 2. The Morgan fingerprint density at radius 3 is 3.00 bits per heavy atom. The molecule has 18 heavy (non-hydrogen) atoms. The highest BCUT2D eigenvalue weighted by Gasteiger charge is 2.00. The lowest BCUT2D eigenvalue weighted by Crippen LogP contribution is -1.85. The summed E-state index contributed by atoms with van der Waals surface area (Å²) >= 11 is 3.30. The predicted octanol–water partition coefficient (Wildman–Crippen LogP) is 3.93. The van der Waals surface area contributed by atoms with Gasteiger partial charge >= 0.3 is 0 Å². The first-order valence-electron chi connectivity index (χ1n) is 4.94. The summed E-state index contributed by atoms with van der Waals surface area (Å²) in [7, 11) is 0. The molecule has 0 saturated carbocycles. The van der Waals surface area contributed by atoms with Crippen molar-refractivity contribution in [2.24, 2.45) is 10.1 Å². The van der Waals surface area contributed by atoms with Gasteiger partial charge in [0.1, 0.15) is 5.82 Å². The molecular weight excluding hydrogens is 296 g/mol. The number of rotatable bonds is 3. The minimum absolute atomic E-state index is 0.286. The quantitative estimate of drug-likeness (QED) is 0.372. The molecule has 0 amide bonds. The highest BCUT2D eigenvalue weighted by atomic mass is 79.9. The first-order valence-corrected chi connectivity index (χ1v) is 5.73. The number of hydrogen-bond donors (Lipinski definition) is 0. The van der Waals surface area contributed by atoms with Crippen molar-refractivity contribution in [1.82, 2.24) is 9.97 Å². The molecule has 0 atom stereocenters. The second-order valence-electron chi connectivity index (χ2n) is 3.23. The summed E-state index contributed by atoms with van der Waals surface area (Å²) in [5.41, 5.74) is 9.79. The number of aliphatic imine (C=N–C) groups is 1. The number of nitrogens with zero attached hydrogens (tertiary/aromatic N) is 6. The normalized spacial score (nSPS) is 10.3. The first-order chi connectivity index (χ1) is 8.79. The Balaban J connectivity index is 2.36. The Bertz CT molecular complexity index is 619. The second-order valence-corrected chi connectivity index (χ2v) is 4.14. The van der Waals surface area contributed by atoms with Gasteiger partial charge in [-0.25, -0.2) is 0 Å². The van der Waals surface area contributed by atoms with Crippen molar-refractivity contribution in [3.05, 3.63) is 57.3 Å². The van der Waals surface area contributed by atoms with E-state index >= 15 is 0 Å². The van der Waals surface area contributed by atoms with Crippen LogP contribution < -0.4 is 0 Å². The van der Waals surface area contributed by atoms with Crippen LogP contribution in [0.3, 0.4) is 0 Å². The van der Waals surface area contributed by atoms with E-state index in [1.807, 2.05) is 6.07 Å². The number of azide groups is 1. The maximum atomic E-state index is 8.45. The van der Waals surface area contributed by atoms with E-state index in [1.54, 1.807) is 36.9 Å². The Morgan fingerprint density at radius 2 is 2.28 bits per heavy atom. The minimum Gasteiger partial charge on any atom is -0.262 e. The molecule has 0 aliphatic rings. The van der Waals surface area contributed by atoms with Crippen LogP contribution in [0.25, 0.3) is 10.4 Å². The molecule has 2 heterocycles. The molecule has 2 aromatic heterocycles. The van der Waals surface area contributed by atoms with Gasteiger partial charge in [0.2, 0.25) is 0 Å². The Morgan fingerprint density at radius 1 is 1.39 bits per heavy atom. The maximum absolute atomic E-state index is 8.45. The molecule has 0 radical (unpaired) electrons. The molecule has 2 rings (SSSR count). The van der Waals surface area contributed by atoms with Crippen molar-refractivity contribution >= 4 is 33.6 Å². The van der Waals surface area contributed by atoms with Crippen LogP contribution in [0.2, 0.25) is 0 Å². The van der Waals surface area contributed by atoms with Crippen LogP contribution in [-0.2, 0) is 0 Å². The smallest absolute Gasteiger partial charge is 0.135 e. The standard InChI is InChI=1S/C11H7BrN6/c12-9-4-8(11(16-6-9)17-18-13)5-15-10-2-1-3-14-7-10/h1-7H/b15-5+. The summed E-state index contributed by atoms with van der Waals surface area (Å²) in [6.07, 6.45) is 6.45. The summed E-state index contributed by atoms with van der Waals surface area (Å²) < 4.78 is 0.784. The van der Waals surface area contributed by atoms with E-state index in [-0.39, 0.29) is 5.82 Å². The Hall–Kier alpha value is -2.24. The Labute approximate surface area is 111 Å². The second kappa shape index (κ2) is 5.90. The topological polar surface area (TPSA) is 86.9 Å². The summed E-state index contributed by atoms with van der Waals surface area (Å²) in [4.78, 5) is 14.9. The number of halogens is 1. The molecule has 0 aliphatic carbocycles. The molecule has 0 N–H and O–H groups in total. The van der Waals surface area contributed by atoms with E-state index in [4.69, 9.17) is 5.53 Å². The van der Waals surface area contributed by atoms with E-state index in [0.717, 1.165) is 4.47 Å². The molecule has 2 aromatic rings. The molecular formula is C11H7BrN6. The lowest BCUT2D eigenvalue weighted by atomic mass is 10.3. The van der Waals surface area contributed by atoms with Gasteiger partial charge in [-0.1, -0.05) is 0 Å². The summed E-state index contributed by atoms with van der Waals surface area (Å²) in [5.74, 6) is 0.286. The third-order valence-electron chi connectivity index (χ3n) is 2.00. The van der Waals surface area contributed by atoms with E-state index < -0.39 is 0 Å². The van der Waals surface area contributed by atoms with Crippen molar-refractivity contribution in [2.45, 2.75) is 0 Å². The number of pyridine rings is 2. The minimum atomic E-state index is 0.286. The molecule has 0 aliphatic heterocycles.